The lowest BCUT2D eigenvalue weighted by atomic mass is 9.94. The molecule has 0 atom stereocenters. The van der Waals surface area contributed by atoms with Crippen LogP contribution >= 0.6 is 11.3 Å². The number of anilines is 1. The summed E-state index contributed by atoms with van der Waals surface area (Å²) in [5, 5.41) is 18.8. The van der Waals surface area contributed by atoms with E-state index in [2.05, 4.69) is 21.5 Å². The number of alkyl halides is 3. The van der Waals surface area contributed by atoms with Gasteiger partial charge in [-0.2, -0.15) is 23.5 Å². The predicted molar refractivity (Wildman–Crippen MR) is 147 cm³/mol. The van der Waals surface area contributed by atoms with Crippen molar-refractivity contribution in [2.45, 2.75) is 31.9 Å². The Bertz CT molecular complexity index is 1640. The maximum absolute atomic E-state index is 13.5. The van der Waals surface area contributed by atoms with Gasteiger partial charge >= 0.3 is 6.18 Å². The van der Waals surface area contributed by atoms with Crippen molar-refractivity contribution in [2.75, 3.05) is 18.4 Å². The SMILES string of the molecule is Cc1nn(C)c(NC(=O)c2csc(C3CCN(C(=O)c4ccccc4-c4ccc(C(F)(F)F)cc4)CC3)n2)c1C#N. The lowest BCUT2D eigenvalue weighted by molar-refractivity contribution is -0.137. The van der Waals surface area contributed by atoms with E-state index < -0.39 is 17.6 Å². The number of hydrogen-bond donors (Lipinski definition) is 1. The van der Waals surface area contributed by atoms with Crippen molar-refractivity contribution >= 4 is 29.0 Å². The molecule has 0 bridgehead atoms. The number of likely N-dealkylation sites (tertiary alicyclic amines) is 1. The number of hydrogen-bond acceptors (Lipinski definition) is 6. The molecule has 0 unspecified atom stereocenters. The van der Waals surface area contributed by atoms with Gasteiger partial charge in [0.25, 0.3) is 11.8 Å². The van der Waals surface area contributed by atoms with E-state index in [9.17, 15) is 28.0 Å². The number of rotatable bonds is 5. The van der Waals surface area contributed by atoms with Gasteiger partial charge in [-0.05, 0) is 49.1 Å². The van der Waals surface area contributed by atoms with Crippen molar-refractivity contribution in [1.29, 1.82) is 5.26 Å². The van der Waals surface area contributed by atoms with E-state index in [0.29, 0.717) is 59.7 Å². The van der Waals surface area contributed by atoms with Crippen LogP contribution in [-0.4, -0.2) is 44.6 Å². The standard InChI is InChI=1S/C29H25F3N6O2S/c1-17-23(15-33)25(37(2)36-17)35-26(39)24-16-41-27(34-24)19-11-13-38(14-12-19)28(40)22-6-4-3-5-21(22)18-7-9-20(10-8-18)29(30,31)32/h3-10,16,19H,11-14H2,1-2H3,(H,35,39). The molecule has 1 saturated heterocycles. The predicted octanol–water partition coefficient (Wildman–Crippen LogP) is 6.01. The number of amides is 2. The summed E-state index contributed by atoms with van der Waals surface area (Å²) in [6, 6.07) is 13.8. The molecule has 0 radical (unpaired) electrons. The number of carbonyl (C=O) groups is 2. The zero-order valence-corrected chi connectivity index (χ0v) is 23.0. The van der Waals surface area contributed by atoms with Gasteiger partial charge in [0.15, 0.2) is 0 Å². The molecule has 2 amide bonds. The Labute approximate surface area is 238 Å². The quantitative estimate of drug-likeness (QED) is 0.312. The maximum atomic E-state index is 13.5. The van der Waals surface area contributed by atoms with Crippen molar-refractivity contribution in [3.8, 4) is 17.2 Å². The second-order valence-electron chi connectivity index (χ2n) is 9.76. The van der Waals surface area contributed by atoms with Crippen LogP contribution in [0.1, 0.15) is 61.4 Å². The van der Waals surface area contributed by atoms with Crippen LogP contribution in [0.15, 0.2) is 53.9 Å². The molecule has 1 aliphatic heterocycles. The maximum Gasteiger partial charge on any atom is 0.416 e. The minimum atomic E-state index is -4.43. The van der Waals surface area contributed by atoms with Crippen LogP contribution in [0.2, 0.25) is 0 Å². The van der Waals surface area contributed by atoms with Crippen molar-refractivity contribution in [1.82, 2.24) is 19.7 Å². The van der Waals surface area contributed by atoms with Gasteiger partial charge in [-0.1, -0.05) is 30.3 Å². The Morgan fingerprint density at radius 2 is 1.78 bits per heavy atom. The summed E-state index contributed by atoms with van der Waals surface area (Å²) in [6.45, 7) is 2.65. The van der Waals surface area contributed by atoms with Crippen molar-refractivity contribution in [2.24, 2.45) is 7.05 Å². The van der Waals surface area contributed by atoms with Crippen molar-refractivity contribution < 1.29 is 22.8 Å². The molecule has 2 aromatic heterocycles. The monoisotopic (exact) mass is 578 g/mol. The number of nitrogens with zero attached hydrogens (tertiary/aromatic N) is 5. The molecule has 0 aliphatic carbocycles. The largest absolute Gasteiger partial charge is 0.416 e. The van der Waals surface area contributed by atoms with Crippen LogP contribution in [-0.2, 0) is 13.2 Å². The average Bonchev–Trinajstić information content (AvgIpc) is 3.56. The molecule has 4 aromatic rings. The first-order valence-electron chi connectivity index (χ1n) is 12.8. The highest BCUT2D eigenvalue weighted by atomic mass is 32.1. The van der Waals surface area contributed by atoms with E-state index in [1.807, 2.05) is 0 Å². The first-order valence-corrected chi connectivity index (χ1v) is 13.7. The van der Waals surface area contributed by atoms with E-state index in [1.54, 1.807) is 48.5 Å². The van der Waals surface area contributed by atoms with E-state index in [4.69, 9.17) is 0 Å². The molecular formula is C29H25F3N6O2S. The number of piperidine rings is 1. The first-order chi connectivity index (χ1) is 19.6. The molecule has 41 heavy (non-hydrogen) atoms. The number of aryl methyl sites for hydroxylation is 2. The molecule has 3 heterocycles. The van der Waals surface area contributed by atoms with Gasteiger partial charge in [-0.25, -0.2) is 4.98 Å². The lowest BCUT2D eigenvalue weighted by Gasteiger charge is -2.31. The fourth-order valence-corrected chi connectivity index (χ4v) is 5.92. The van der Waals surface area contributed by atoms with Crippen LogP contribution in [0, 0.1) is 18.3 Å². The Hall–Kier alpha value is -4.50. The van der Waals surface area contributed by atoms with Crippen molar-refractivity contribution in [3.63, 3.8) is 0 Å². The summed E-state index contributed by atoms with van der Waals surface area (Å²) in [7, 11) is 1.65. The summed E-state index contributed by atoms with van der Waals surface area (Å²) >= 11 is 1.38. The number of benzene rings is 2. The Kier molecular flexibility index (Phi) is 7.64. The van der Waals surface area contributed by atoms with Crippen LogP contribution in [0.4, 0.5) is 19.0 Å². The average molecular weight is 579 g/mol. The molecule has 1 fully saturated rings. The molecule has 0 spiro atoms. The summed E-state index contributed by atoms with van der Waals surface area (Å²) in [6.07, 6.45) is -3.12. The van der Waals surface area contributed by atoms with Gasteiger partial charge in [-0.15, -0.1) is 11.3 Å². The normalized spacial score (nSPS) is 14.1. The third-order valence-electron chi connectivity index (χ3n) is 7.13. The van der Waals surface area contributed by atoms with Gasteiger partial charge < -0.3 is 10.2 Å². The molecule has 5 rings (SSSR count). The van der Waals surface area contributed by atoms with Gasteiger partial charge in [0.1, 0.15) is 23.1 Å². The smallest absolute Gasteiger partial charge is 0.339 e. The van der Waals surface area contributed by atoms with Gasteiger partial charge in [0.2, 0.25) is 0 Å². The topological polar surface area (TPSA) is 104 Å². The molecular weight excluding hydrogens is 553 g/mol. The number of nitrogens with one attached hydrogen (secondary N) is 1. The molecule has 2 aromatic carbocycles. The zero-order valence-electron chi connectivity index (χ0n) is 22.2. The number of thiazole rings is 1. The zero-order chi connectivity index (χ0) is 29.3. The highest BCUT2D eigenvalue weighted by molar-refractivity contribution is 7.10. The Balaban J connectivity index is 1.24. The van der Waals surface area contributed by atoms with Gasteiger partial charge in [0.05, 0.1) is 16.3 Å². The number of carbonyl (C=O) groups excluding carboxylic acids is 2. The number of aromatic nitrogens is 3. The van der Waals surface area contributed by atoms with E-state index in [-0.39, 0.29) is 17.5 Å². The minimum absolute atomic E-state index is 0.0735. The second kappa shape index (κ2) is 11.2. The van der Waals surface area contributed by atoms with E-state index in [1.165, 1.54) is 28.2 Å². The molecule has 0 saturated carbocycles. The molecule has 1 aliphatic rings. The number of halogens is 3. The van der Waals surface area contributed by atoms with E-state index in [0.717, 1.165) is 17.1 Å². The minimum Gasteiger partial charge on any atom is -0.339 e. The fourth-order valence-electron chi connectivity index (χ4n) is 4.95. The van der Waals surface area contributed by atoms with Gasteiger partial charge in [-0.3, -0.25) is 14.3 Å². The highest BCUT2D eigenvalue weighted by Crippen LogP contribution is 2.34. The van der Waals surface area contributed by atoms with Crippen LogP contribution in [0.3, 0.4) is 0 Å². The summed E-state index contributed by atoms with van der Waals surface area (Å²) in [4.78, 5) is 32.6. The third-order valence-corrected chi connectivity index (χ3v) is 8.14. The molecule has 1 N–H and O–H groups in total. The number of nitriles is 1. The Morgan fingerprint density at radius 3 is 2.44 bits per heavy atom. The van der Waals surface area contributed by atoms with Crippen LogP contribution in [0.25, 0.3) is 11.1 Å². The third kappa shape index (κ3) is 5.71. The fraction of sp³-hybridized carbons (Fsp3) is 0.276. The molecule has 12 heteroatoms. The van der Waals surface area contributed by atoms with Crippen LogP contribution in [0.5, 0.6) is 0 Å². The second-order valence-corrected chi connectivity index (χ2v) is 10.6. The van der Waals surface area contributed by atoms with E-state index >= 15 is 0 Å². The van der Waals surface area contributed by atoms with Crippen LogP contribution < -0.4 is 5.32 Å². The summed E-state index contributed by atoms with van der Waals surface area (Å²) < 4.78 is 40.5. The summed E-state index contributed by atoms with van der Waals surface area (Å²) in [5.41, 5.74) is 1.87. The summed E-state index contributed by atoms with van der Waals surface area (Å²) in [5.74, 6) is -0.227. The molecule has 8 nitrogen and oxygen atoms in total. The lowest BCUT2D eigenvalue weighted by Crippen LogP contribution is -2.38. The molecule has 210 valence electrons. The van der Waals surface area contributed by atoms with Crippen molar-refractivity contribution in [3.05, 3.63) is 87.0 Å². The van der Waals surface area contributed by atoms with Gasteiger partial charge in [0, 0.05) is 37.0 Å². The first kappa shape index (κ1) is 28.0. The highest BCUT2D eigenvalue weighted by Gasteiger charge is 2.31. The Morgan fingerprint density at radius 1 is 1.10 bits per heavy atom.